The first-order valence-corrected chi connectivity index (χ1v) is 9.78. The number of H-pyrrole nitrogens is 1. The molecule has 3 heterocycles. The van der Waals surface area contributed by atoms with Crippen LogP contribution < -0.4 is 18.9 Å². The van der Waals surface area contributed by atoms with Crippen molar-refractivity contribution in [2.24, 2.45) is 0 Å². The topological polar surface area (TPSA) is 65.6 Å². The minimum Gasteiger partial charge on any atom is -0.454 e. The molecule has 3 aromatic carbocycles. The first-order valence-electron chi connectivity index (χ1n) is 9.40. The summed E-state index contributed by atoms with van der Waals surface area (Å²) in [5.74, 6) is 3.60. The molecule has 0 saturated carbocycles. The second-order valence-electron chi connectivity index (χ2n) is 6.96. The number of hydrogen-bond acceptors (Lipinski definition) is 5. The van der Waals surface area contributed by atoms with Crippen LogP contribution in [-0.4, -0.2) is 23.6 Å². The van der Waals surface area contributed by atoms with Gasteiger partial charge >= 0.3 is 0 Å². The van der Waals surface area contributed by atoms with Gasteiger partial charge in [0.2, 0.25) is 13.6 Å². The van der Waals surface area contributed by atoms with Crippen molar-refractivity contribution in [2.75, 3.05) is 13.6 Å². The Morgan fingerprint density at radius 1 is 0.700 bits per heavy atom. The maximum absolute atomic E-state index is 6.20. The summed E-state index contributed by atoms with van der Waals surface area (Å²) < 4.78 is 22.0. The standard InChI is InChI=1S/C23H15ClN2O4/c24-16-3-1-2-15(8-16)23-25-21(13-4-6-17-19(9-13)29-11-27-17)22(26-23)14-5-7-18-20(10-14)30-12-28-18/h1-10H,11-12H2,(H,25,26). The predicted octanol–water partition coefficient (Wildman–Crippen LogP) is 5.52. The predicted molar refractivity (Wildman–Crippen MR) is 112 cm³/mol. The Morgan fingerprint density at radius 2 is 1.37 bits per heavy atom. The number of benzene rings is 3. The molecule has 0 fully saturated rings. The highest BCUT2D eigenvalue weighted by atomic mass is 35.5. The first-order chi connectivity index (χ1) is 14.7. The number of nitrogens with zero attached hydrogens (tertiary/aromatic N) is 1. The quantitative estimate of drug-likeness (QED) is 0.474. The van der Waals surface area contributed by atoms with Crippen LogP contribution in [-0.2, 0) is 0 Å². The molecule has 0 aliphatic carbocycles. The maximum atomic E-state index is 6.20. The molecule has 6 nitrogen and oxygen atoms in total. The van der Waals surface area contributed by atoms with Gasteiger partial charge in [-0.2, -0.15) is 0 Å². The Kier molecular flexibility index (Phi) is 3.86. The molecular formula is C23H15ClN2O4. The van der Waals surface area contributed by atoms with Gasteiger partial charge in [0, 0.05) is 21.7 Å². The van der Waals surface area contributed by atoms with Crippen molar-refractivity contribution in [1.29, 1.82) is 0 Å². The molecule has 6 rings (SSSR count). The van der Waals surface area contributed by atoms with Gasteiger partial charge in [-0.15, -0.1) is 0 Å². The van der Waals surface area contributed by atoms with E-state index in [4.69, 9.17) is 35.5 Å². The smallest absolute Gasteiger partial charge is 0.231 e. The van der Waals surface area contributed by atoms with Crippen LogP contribution in [0.3, 0.4) is 0 Å². The van der Waals surface area contributed by atoms with Crippen LogP contribution in [0.5, 0.6) is 23.0 Å². The lowest BCUT2D eigenvalue weighted by molar-refractivity contribution is 0.173. The van der Waals surface area contributed by atoms with Crippen LogP contribution in [0, 0.1) is 0 Å². The van der Waals surface area contributed by atoms with Crippen molar-refractivity contribution in [2.45, 2.75) is 0 Å². The number of hydrogen-bond donors (Lipinski definition) is 1. The van der Waals surface area contributed by atoms with Crippen molar-refractivity contribution < 1.29 is 18.9 Å². The molecule has 1 aromatic heterocycles. The van der Waals surface area contributed by atoms with E-state index in [1.807, 2.05) is 60.7 Å². The number of ether oxygens (including phenoxy) is 4. The van der Waals surface area contributed by atoms with Gasteiger partial charge in [-0.1, -0.05) is 23.7 Å². The van der Waals surface area contributed by atoms with Gasteiger partial charge in [-0.25, -0.2) is 4.98 Å². The fourth-order valence-electron chi connectivity index (χ4n) is 3.66. The molecule has 1 N–H and O–H groups in total. The average molecular weight is 419 g/mol. The van der Waals surface area contributed by atoms with Gasteiger partial charge < -0.3 is 23.9 Å². The van der Waals surface area contributed by atoms with Crippen LogP contribution in [0.25, 0.3) is 33.9 Å². The molecule has 4 aromatic rings. The van der Waals surface area contributed by atoms with E-state index in [2.05, 4.69) is 4.98 Å². The van der Waals surface area contributed by atoms with E-state index in [-0.39, 0.29) is 13.6 Å². The third kappa shape index (κ3) is 2.84. The van der Waals surface area contributed by atoms with E-state index in [0.717, 1.165) is 45.4 Å². The van der Waals surface area contributed by atoms with Crippen molar-refractivity contribution in [1.82, 2.24) is 9.97 Å². The average Bonchev–Trinajstić information content (AvgIpc) is 3.51. The molecule has 0 radical (unpaired) electrons. The zero-order chi connectivity index (χ0) is 20.1. The van der Waals surface area contributed by atoms with Crippen molar-refractivity contribution >= 4 is 11.6 Å². The van der Waals surface area contributed by atoms with Crippen LogP contribution >= 0.6 is 11.6 Å². The normalized spacial score (nSPS) is 13.6. The Labute approximate surface area is 177 Å². The Bertz CT molecular complexity index is 1210. The summed E-state index contributed by atoms with van der Waals surface area (Å²) in [6.07, 6.45) is 0. The molecule has 0 spiro atoms. The lowest BCUT2D eigenvalue weighted by Crippen LogP contribution is -1.93. The lowest BCUT2D eigenvalue weighted by Gasteiger charge is -2.05. The monoisotopic (exact) mass is 418 g/mol. The SMILES string of the molecule is Clc1cccc(-c2nc(-c3ccc4c(c3)OCO4)c(-c3ccc4c(c3)OCO4)[nH]2)c1. The number of imidazole rings is 1. The minimum absolute atomic E-state index is 0.224. The molecule has 0 saturated heterocycles. The summed E-state index contributed by atoms with van der Waals surface area (Å²) in [7, 11) is 0. The van der Waals surface area contributed by atoms with Gasteiger partial charge in [0.05, 0.1) is 11.4 Å². The third-order valence-electron chi connectivity index (χ3n) is 5.11. The summed E-state index contributed by atoms with van der Waals surface area (Å²) in [5, 5.41) is 0.651. The molecule has 0 amide bonds. The number of rotatable bonds is 3. The van der Waals surface area contributed by atoms with Crippen molar-refractivity contribution in [3.8, 4) is 56.9 Å². The summed E-state index contributed by atoms with van der Waals surface area (Å²) in [6.45, 7) is 0.451. The van der Waals surface area contributed by atoms with E-state index in [1.165, 1.54) is 0 Å². The van der Waals surface area contributed by atoms with Crippen LogP contribution in [0.15, 0.2) is 60.7 Å². The largest absolute Gasteiger partial charge is 0.454 e. The number of nitrogens with one attached hydrogen (secondary N) is 1. The minimum atomic E-state index is 0.224. The van der Waals surface area contributed by atoms with Gasteiger partial charge in [-0.3, -0.25) is 0 Å². The number of halogens is 1. The van der Waals surface area contributed by atoms with E-state index in [0.29, 0.717) is 16.5 Å². The number of aromatic amines is 1. The highest BCUT2D eigenvalue weighted by Crippen LogP contribution is 2.42. The Morgan fingerprint density at radius 3 is 2.10 bits per heavy atom. The molecule has 0 bridgehead atoms. The first kappa shape index (κ1) is 17.2. The van der Waals surface area contributed by atoms with Crippen LogP contribution in [0.1, 0.15) is 0 Å². The summed E-state index contributed by atoms with van der Waals surface area (Å²) >= 11 is 6.20. The second-order valence-corrected chi connectivity index (χ2v) is 7.39. The van der Waals surface area contributed by atoms with Crippen molar-refractivity contribution in [3.63, 3.8) is 0 Å². The molecule has 148 valence electrons. The summed E-state index contributed by atoms with van der Waals surface area (Å²) in [6, 6.07) is 19.2. The highest BCUT2D eigenvalue weighted by molar-refractivity contribution is 6.30. The fourth-order valence-corrected chi connectivity index (χ4v) is 3.85. The molecule has 30 heavy (non-hydrogen) atoms. The van der Waals surface area contributed by atoms with E-state index in [1.54, 1.807) is 0 Å². The zero-order valence-corrected chi connectivity index (χ0v) is 16.4. The van der Waals surface area contributed by atoms with E-state index >= 15 is 0 Å². The number of fused-ring (bicyclic) bond motifs is 2. The van der Waals surface area contributed by atoms with Gasteiger partial charge in [0.25, 0.3) is 0 Å². The van der Waals surface area contributed by atoms with Gasteiger partial charge in [-0.05, 0) is 48.5 Å². The molecule has 0 unspecified atom stereocenters. The zero-order valence-electron chi connectivity index (χ0n) is 15.6. The molecular weight excluding hydrogens is 404 g/mol. The van der Waals surface area contributed by atoms with E-state index in [9.17, 15) is 0 Å². The number of aromatic nitrogens is 2. The van der Waals surface area contributed by atoms with Gasteiger partial charge in [0.15, 0.2) is 23.0 Å². The summed E-state index contributed by atoms with van der Waals surface area (Å²) in [5.41, 5.74) is 4.41. The fraction of sp³-hybridized carbons (Fsp3) is 0.0870. The summed E-state index contributed by atoms with van der Waals surface area (Å²) in [4.78, 5) is 8.37. The highest BCUT2D eigenvalue weighted by Gasteiger charge is 2.21. The molecule has 2 aliphatic heterocycles. The maximum Gasteiger partial charge on any atom is 0.231 e. The van der Waals surface area contributed by atoms with Crippen molar-refractivity contribution in [3.05, 3.63) is 65.7 Å². The molecule has 2 aliphatic rings. The Hall–Kier alpha value is -3.64. The van der Waals surface area contributed by atoms with Crippen LogP contribution in [0.4, 0.5) is 0 Å². The second kappa shape index (κ2) is 6.71. The molecule has 0 atom stereocenters. The van der Waals surface area contributed by atoms with Gasteiger partial charge in [0.1, 0.15) is 5.82 Å². The Balaban J connectivity index is 1.53. The third-order valence-corrected chi connectivity index (χ3v) is 5.34. The lowest BCUT2D eigenvalue weighted by atomic mass is 10.0. The molecule has 7 heteroatoms. The van der Waals surface area contributed by atoms with Crippen LogP contribution in [0.2, 0.25) is 5.02 Å². The van der Waals surface area contributed by atoms with E-state index < -0.39 is 0 Å².